The van der Waals surface area contributed by atoms with Crippen LogP contribution in [0.3, 0.4) is 0 Å². The summed E-state index contributed by atoms with van der Waals surface area (Å²) in [5.74, 6) is 2.72. The molecular weight excluding hydrogens is 316 g/mol. The van der Waals surface area contributed by atoms with E-state index in [0.717, 1.165) is 50.2 Å². The minimum Gasteiger partial charge on any atom is -0.497 e. The van der Waals surface area contributed by atoms with Gasteiger partial charge < -0.3 is 24.3 Å². The average Bonchev–Trinajstić information content (AvgIpc) is 3.19. The molecule has 0 atom stereocenters. The van der Waals surface area contributed by atoms with E-state index in [4.69, 9.17) is 14.1 Å². The molecule has 134 valence electrons. The third-order valence-corrected chi connectivity index (χ3v) is 4.30. The first-order valence-corrected chi connectivity index (χ1v) is 8.75. The van der Waals surface area contributed by atoms with E-state index in [-0.39, 0.29) is 0 Å². The summed E-state index contributed by atoms with van der Waals surface area (Å²) >= 11 is 0. The largest absolute Gasteiger partial charge is 0.497 e. The number of nitrogens with zero attached hydrogens (tertiary/aromatic N) is 3. The predicted octanol–water partition coefficient (Wildman–Crippen LogP) is 2.58. The van der Waals surface area contributed by atoms with Crippen LogP contribution in [0, 0.1) is 0 Å². The summed E-state index contributed by atoms with van der Waals surface area (Å²) in [5.41, 5.74) is 1.21. The van der Waals surface area contributed by atoms with Gasteiger partial charge in [-0.05, 0) is 31.2 Å². The minimum atomic E-state index is 0.561. The molecule has 1 aromatic carbocycles. The highest BCUT2D eigenvalue weighted by Crippen LogP contribution is 2.22. The van der Waals surface area contributed by atoms with Crippen molar-refractivity contribution in [1.82, 2.24) is 10.2 Å². The Morgan fingerprint density at radius 3 is 2.72 bits per heavy atom. The Morgan fingerprint density at radius 2 is 2.04 bits per heavy atom. The second-order valence-electron chi connectivity index (χ2n) is 5.93. The molecule has 0 spiro atoms. The van der Waals surface area contributed by atoms with E-state index >= 15 is 0 Å². The van der Waals surface area contributed by atoms with Crippen molar-refractivity contribution in [3.63, 3.8) is 0 Å². The quantitative estimate of drug-likeness (QED) is 0.669. The highest BCUT2D eigenvalue weighted by molar-refractivity contribution is 5.80. The fourth-order valence-electron chi connectivity index (χ4n) is 2.96. The second-order valence-corrected chi connectivity index (χ2v) is 5.93. The fraction of sp³-hybridized carbons (Fsp3) is 0.421. The molecule has 1 aromatic heterocycles. The summed E-state index contributed by atoms with van der Waals surface area (Å²) in [5, 5.41) is 3.38. The zero-order chi connectivity index (χ0) is 17.5. The summed E-state index contributed by atoms with van der Waals surface area (Å²) in [6.07, 6.45) is 1.69. The lowest BCUT2D eigenvalue weighted by molar-refractivity contribution is 0.371. The van der Waals surface area contributed by atoms with Crippen LogP contribution in [0.25, 0.3) is 0 Å². The van der Waals surface area contributed by atoms with E-state index < -0.39 is 0 Å². The van der Waals surface area contributed by atoms with Crippen LogP contribution in [0.1, 0.15) is 12.7 Å². The van der Waals surface area contributed by atoms with Crippen LogP contribution in [0.2, 0.25) is 0 Å². The van der Waals surface area contributed by atoms with Gasteiger partial charge in [0.15, 0.2) is 5.96 Å². The Labute approximate surface area is 149 Å². The molecule has 2 aromatic rings. The Hall–Kier alpha value is -2.63. The van der Waals surface area contributed by atoms with Crippen molar-refractivity contribution in [1.29, 1.82) is 0 Å². The second kappa shape index (κ2) is 8.46. The van der Waals surface area contributed by atoms with Gasteiger partial charge in [-0.25, -0.2) is 4.99 Å². The van der Waals surface area contributed by atoms with Gasteiger partial charge >= 0.3 is 0 Å². The molecule has 0 aliphatic carbocycles. The number of rotatable bonds is 5. The first-order chi connectivity index (χ1) is 12.3. The van der Waals surface area contributed by atoms with E-state index in [2.05, 4.69) is 34.2 Å². The monoisotopic (exact) mass is 342 g/mol. The van der Waals surface area contributed by atoms with Crippen LogP contribution in [0.5, 0.6) is 5.75 Å². The lowest BCUT2D eigenvalue weighted by Crippen LogP contribution is -2.52. The van der Waals surface area contributed by atoms with Gasteiger partial charge in [-0.2, -0.15) is 0 Å². The molecule has 1 saturated heterocycles. The van der Waals surface area contributed by atoms with Crippen molar-refractivity contribution in [2.45, 2.75) is 13.5 Å². The number of hydrogen-bond acceptors (Lipinski definition) is 4. The van der Waals surface area contributed by atoms with Crippen molar-refractivity contribution in [3.05, 3.63) is 48.4 Å². The first kappa shape index (κ1) is 17.2. The molecule has 0 unspecified atom stereocenters. The number of benzene rings is 1. The number of piperazine rings is 1. The van der Waals surface area contributed by atoms with E-state index in [9.17, 15) is 0 Å². The van der Waals surface area contributed by atoms with Gasteiger partial charge in [0, 0.05) is 44.5 Å². The highest BCUT2D eigenvalue weighted by Gasteiger charge is 2.20. The smallest absolute Gasteiger partial charge is 0.194 e. The van der Waals surface area contributed by atoms with Gasteiger partial charge in [-0.1, -0.05) is 6.07 Å². The molecule has 0 bridgehead atoms. The molecule has 6 nitrogen and oxygen atoms in total. The maximum atomic E-state index is 5.37. The molecule has 1 aliphatic heterocycles. The van der Waals surface area contributed by atoms with Gasteiger partial charge in [-0.3, -0.25) is 0 Å². The fourth-order valence-corrected chi connectivity index (χ4v) is 2.96. The molecule has 0 radical (unpaired) electrons. The molecule has 0 saturated carbocycles. The number of anilines is 1. The van der Waals surface area contributed by atoms with E-state index in [1.165, 1.54) is 5.69 Å². The van der Waals surface area contributed by atoms with Crippen molar-refractivity contribution in [3.8, 4) is 5.75 Å². The molecule has 1 fully saturated rings. The molecule has 0 amide bonds. The molecule has 3 rings (SSSR count). The molecule has 2 heterocycles. The van der Waals surface area contributed by atoms with Gasteiger partial charge in [0.2, 0.25) is 0 Å². The lowest BCUT2D eigenvalue weighted by Gasteiger charge is -2.37. The average molecular weight is 342 g/mol. The van der Waals surface area contributed by atoms with Crippen LogP contribution in [-0.2, 0) is 6.54 Å². The maximum absolute atomic E-state index is 5.37. The first-order valence-electron chi connectivity index (χ1n) is 8.75. The third kappa shape index (κ3) is 4.47. The van der Waals surface area contributed by atoms with E-state index in [1.54, 1.807) is 13.4 Å². The van der Waals surface area contributed by atoms with Crippen molar-refractivity contribution in [2.24, 2.45) is 4.99 Å². The molecule has 6 heteroatoms. The normalized spacial score (nSPS) is 15.4. The molecular formula is C19H26N4O2. The summed E-state index contributed by atoms with van der Waals surface area (Å²) in [6, 6.07) is 12.1. The van der Waals surface area contributed by atoms with Gasteiger partial charge in [0.25, 0.3) is 0 Å². The zero-order valence-electron chi connectivity index (χ0n) is 14.9. The Morgan fingerprint density at radius 1 is 1.20 bits per heavy atom. The van der Waals surface area contributed by atoms with Gasteiger partial charge in [0.1, 0.15) is 18.1 Å². The number of aliphatic imine (C=N–C) groups is 1. The topological polar surface area (TPSA) is 53.2 Å². The number of furan rings is 1. The van der Waals surface area contributed by atoms with Gasteiger partial charge in [-0.15, -0.1) is 0 Å². The summed E-state index contributed by atoms with van der Waals surface area (Å²) in [6.45, 7) is 7.28. The summed E-state index contributed by atoms with van der Waals surface area (Å²) < 4.78 is 10.7. The van der Waals surface area contributed by atoms with Crippen LogP contribution in [0.4, 0.5) is 5.69 Å². The SMILES string of the molecule is CCNC(=NCc1ccco1)N1CCN(c2cccc(OC)c2)CC1. The summed E-state index contributed by atoms with van der Waals surface area (Å²) in [7, 11) is 1.70. The highest BCUT2D eigenvalue weighted by atomic mass is 16.5. The van der Waals surface area contributed by atoms with Gasteiger partial charge in [0.05, 0.1) is 13.4 Å². The van der Waals surface area contributed by atoms with E-state index in [1.807, 2.05) is 24.3 Å². The third-order valence-electron chi connectivity index (χ3n) is 4.30. The summed E-state index contributed by atoms with van der Waals surface area (Å²) in [4.78, 5) is 9.40. The van der Waals surface area contributed by atoms with Crippen molar-refractivity contribution in [2.75, 3.05) is 44.7 Å². The van der Waals surface area contributed by atoms with Crippen LogP contribution in [-0.4, -0.2) is 50.7 Å². The number of nitrogens with one attached hydrogen (secondary N) is 1. The zero-order valence-corrected chi connectivity index (χ0v) is 14.9. The van der Waals surface area contributed by atoms with Crippen molar-refractivity contribution >= 4 is 11.6 Å². The Kier molecular flexibility index (Phi) is 5.82. The Balaban J connectivity index is 1.61. The number of guanidine groups is 1. The maximum Gasteiger partial charge on any atom is 0.194 e. The number of methoxy groups -OCH3 is 1. The molecule has 1 N–H and O–H groups in total. The number of ether oxygens (including phenoxy) is 1. The van der Waals surface area contributed by atoms with Crippen LogP contribution < -0.4 is 15.0 Å². The molecule has 1 aliphatic rings. The minimum absolute atomic E-state index is 0.561. The lowest BCUT2D eigenvalue weighted by atomic mass is 10.2. The standard InChI is InChI=1S/C19H26N4O2/c1-3-20-19(21-15-18-8-5-13-25-18)23-11-9-22(10-12-23)16-6-4-7-17(14-16)24-2/h4-8,13-14H,3,9-12,15H2,1-2H3,(H,20,21). The van der Waals surface area contributed by atoms with E-state index in [0.29, 0.717) is 6.54 Å². The van der Waals surface area contributed by atoms with Crippen molar-refractivity contribution < 1.29 is 9.15 Å². The number of hydrogen-bond donors (Lipinski definition) is 1. The van der Waals surface area contributed by atoms with Crippen LogP contribution in [0.15, 0.2) is 52.1 Å². The Bertz CT molecular complexity index is 676. The predicted molar refractivity (Wildman–Crippen MR) is 100 cm³/mol. The van der Waals surface area contributed by atoms with Crippen LogP contribution >= 0.6 is 0 Å². The molecule has 25 heavy (non-hydrogen) atoms.